The molecule has 0 fully saturated rings. The Hall–Kier alpha value is -3.56. The Kier molecular flexibility index (Phi) is 7.66. The number of unbranched alkanes of at least 4 members (excludes halogenated alkanes) is 1. The third-order valence-corrected chi connectivity index (χ3v) is 5.89. The molecule has 0 aliphatic heterocycles. The van der Waals surface area contributed by atoms with Gasteiger partial charge in [0.15, 0.2) is 0 Å². The molecule has 0 bridgehead atoms. The molecular formula is C24H25ClN6O3. The maximum absolute atomic E-state index is 12.8. The monoisotopic (exact) mass is 480 g/mol. The van der Waals surface area contributed by atoms with E-state index in [-0.39, 0.29) is 18.8 Å². The molecule has 0 amide bonds. The normalized spacial score (nSPS) is 11.0. The second kappa shape index (κ2) is 11.0. The van der Waals surface area contributed by atoms with Crippen LogP contribution in [0.1, 0.15) is 42.3 Å². The summed E-state index contributed by atoms with van der Waals surface area (Å²) in [7, 11) is 0. The van der Waals surface area contributed by atoms with Crippen LogP contribution in [0.3, 0.4) is 0 Å². The second-order valence-electron chi connectivity index (χ2n) is 7.80. The lowest BCUT2D eigenvalue weighted by atomic mass is 10.1. The van der Waals surface area contributed by atoms with Crippen LogP contribution in [0.15, 0.2) is 53.5 Å². The summed E-state index contributed by atoms with van der Waals surface area (Å²) in [6.07, 6.45) is 4.13. The number of benzene rings is 2. The van der Waals surface area contributed by atoms with Crippen molar-refractivity contribution in [2.24, 2.45) is 0 Å². The fourth-order valence-electron chi connectivity index (χ4n) is 3.55. The van der Waals surface area contributed by atoms with Crippen molar-refractivity contribution in [1.82, 2.24) is 30.2 Å². The van der Waals surface area contributed by atoms with Gasteiger partial charge in [0.05, 0.1) is 23.7 Å². The van der Waals surface area contributed by atoms with Crippen LogP contribution in [-0.4, -0.2) is 35.3 Å². The van der Waals surface area contributed by atoms with Crippen LogP contribution in [0, 0.1) is 0 Å². The minimum atomic E-state index is -0.330. The molecule has 2 aromatic heterocycles. The van der Waals surface area contributed by atoms with Gasteiger partial charge in [0, 0.05) is 23.7 Å². The predicted molar refractivity (Wildman–Crippen MR) is 128 cm³/mol. The number of aliphatic hydroxyl groups is 1. The third-order valence-electron chi connectivity index (χ3n) is 5.45. The van der Waals surface area contributed by atoms with Gasteiger partial charge in [-0.05, 0) is 35.4 Å². The van der Waals surface area contributed by atoms with Gasteiger partial charge in [0.1, 0.15) is 18.2 Å². The number of H-pyrrole nitrogens is 1. The Morgan fingerprint density at radius 2 is 1.97 bits per heavy atom. The zero-order valence-corrected chi connectivity index (χ0v) is 19.5. The molecule has 0 aliphatic rings. The van der Waals surface area contributed by atoms with E-state index in [9.17, 15) is 9.90 Å². The molecule has 2 aromatic carbocycles. The number of rotatable bonds is 10. The van der Waals surface area contributed by atoms with E-state index < -0.39 is 0 Å². The molecule has 0 saturated heterocycles. The maximum Gasteiger partial charge on any atom is 0.259 e. The molecule has 0 atom stereocenters. The van der Waals surface area contributed by atoms with Crippen molar-refractivity contribution in [1.29, 1.82) is 0 Å². The molecule has 4 rings (SSSR count). The van der Waals surface area contributed by atoms with Gasteiger partial charge >= 0.3 is 0 Å². The molecule has 0 unspecified atom stereocenters. The number of halogens is 1. The number of hydrogen-bond acceptors (Lipinski definition) is 7. The van der Waals surface area contributed by atoms with Crippen molar-refractivity contribution in [3.63, 3.8) is 0 Å². The van der Waals surface area contributed by atoms with Gasteiger partial charge in [-0.1, -0.05) is 49.2 Å². The summed E-state index contributed by atoms with van der Waals surface area (Å²) < 4.78 is 7.56. The van der Waals surface area contributed by atoms with E-state index in [4.69, 9.17) is 16.3 Å². The lowest BCUT2D eigenvalue weighted by Gasteiger charge is -2.14. The highest BCUT2D eigenvalue weighted by atomic mass is 35.5. The number of aliphatic hydroxyl groups excluding tert-OH is 1. The summed E-state index contributed by atoms with van der Waals surface area (Å²) in [6.45, 7) is 2.41. The zero-order chi connectivity index (χ0) is 23.9. The Bertz CT molecular complexity index is 1290. The minimum Gasteiger partial charge on any atom is -0.489 e. The quantitative estimate of drug-likeness (QED) is 0.356. The van der Waals surface area contributed by atoms with Crippen molar-refractivity contribution >= 4 is 11.6 Å². The fraction of sp³-hybridized carbons (Fsp3) is 0.292. The smallest absolute Gasteiger partial charge is 0.259 e. The number of nitrogens with one attached hydrogen (secondary N) is 1. The van der Waals surface area contributed by atoms with Crippen LogP contribution < -0.4 is 10.3 Å². The van der Waals surface area contributed by atoms with E-state index in [0.717, 1.165) is 29.8 Å². The molecule has 4 aromatic rings. The van der Waals surface area contributed by atoms with Gasteiger partial charge in [-0.2, -0.15) is 5.21 Å². The van der Waals surface area contributed by atoms with Crippen molar-refractivity contribution in [3.8, 4) is 17.1 Å². The van der Waals surface area contributed by atoms with Crippen molar-refractivity contribution in [2.75, 3.05) is 0 Å². The second-order valence-corrected chi connectivity index (χ2v) is 8.18. The first kappa shape index (κ1) is 23.6. The number of tetrazole rings is 1. The summed E-state index contributed by atoms with van der Waals surface area (Å²) in [6, 6.07) is 13.1. The molecule has 0 radical (unpaired) electrons. The number of ether oxygens (including phenoxy) is 1. The molecule has 2 heterocycles. The minimum absolute atomic E-state index is 0.208. The number of aryl methyl sites for hydroxylation is 1. The highest BCUT2D eigenvalue weighted by molar-refractivity contribution is 6.33. The van der Waals surface area contributed by atoms with Gasteiger partial charge in [-0.3, -0.25) is 9.36 Å². The molecule has 0 aliphatic carbocycles. The van der Waals surface area contributed by atoms with Crippen molar-refractivity contribution in [3.05, 3.63) is 86.6 Å². The summed E-state index contributed by atoms with van der Waals surface area (Å²) in [5, 5.41) is 23.9. The van der Waals surface area contributed by atoms with E-state index in [1.165, 1.54) is 6.20 Å². The van der Waals surface area contributed by atoms with Crippen LogP contribution >= 0.6 is 11.6 Å². The number of hydrogen-bond donors (Lipinski definition) is 2. The largest absolute Gasteiger partial charge is 0.489 e. The summed E-state index contributed by atoms with van der Waals surface area (Å²) in [4.78, 5) is 17.2. The fourth-order valence-corrected chi connectivity index (χ4v) is 3.81. The van der Waals surface area contributed by atoms with Crippen molar-refractivity contribution in [2.45, 2.75) is 45.9 Å². The van der Waals surface area contributed by atoms with E-state index in [0.29, 0.717) is 40.7 Å². The van der Waals surface area contributed by atoms with Gasteiger partial charge < -0.3 is 9.84 Å². The summed E-state index contributed by atoms with van der Waals surface area (Å²) >= 11 is 6.51. The zero-order valence-electron chi connectivity index (χ0n) is 18.7. The van der Waals surface area contributed by atoms with E-state index in [2.05, 4.69) is 32.5 Å². The SMILES string of the molecule is CCCCc1ncc(CO)c(=O)n1Cc1ccc(OCc2cccc(-c3nn[nH]n3)c2Cl)cc1. The van der Waals surface area contributed by atoms with Crippen LogP contribution in [-0.2, 0) is 26.2 Å². The van der Waals surface area contributed by atoms with Gasteiger partial charge in [-0.25, -0.2) is 4.98 Å². The number of aromatic amines is 1. The summed E-state index contributed by atoms with van der Waals surface area (Å²) in [5.41, 5.74) is 2.49. The van der Waals surface area contributed by atoms with E-state index >= 15 is 0 Å². The molecule has 9 nitrogen and oxygen atoms in total. The first-order valence-corrected chi connectivity index (χ1v) is 11.4. The highest BCUT2D eigenvalue weighted by Gasteiger charge is 2.13. The van der Waals surface area contributed by atoms with Crippen molar-refractivity contribution < 1.29 is 9.84 Å². The standard InChI is InChI=1S/C24H25ClN6O3/c1-2-3-7-21-26-12-18(14-32)24(33)31(21)13-16-8-10-19(11-9-16)34-15-17-5-4-6-20(22(17)25)23-27-29-30-28-23/h4-6,8-12,32H,2-3,7,13-15H2,1H3,(H,27,28,29,30). The van der Waals surface area contributed by atoms with E-state index in [1.807, 2.05) is 42.5 Å². The molecule has 0 saturated carbocycles. The Morgan fingerprint density at radius 1 is 1.15 bits per heavy atom. The topological polar surface area (TPSA) is 119 Å². The Labute approximate surface area is 201 Å². The molecule has 10 heteroatoms. The molecular weight excluding hydrogens is 456 g/mol. The van der Waals surface area contributed by atoms with Gasteiger partial charge in [0.25, 0.3) is 5.56 Å². The first-order chi connectivity index (χ1) is 16.6. The first-order valence-electron chi connectivity index (χ1n) is 11.0. The number of aromatic nitrogens is 6. The Morgan fingerprint density at radius 3 is 2.68 bits per heavy atom. The third kappa shape index (κ3) is 5.32. The number of nitrogens with zero attached hydrogens (tertiary/aromatic N) is 5. The molecule has 0 spiro atoms. The lowest BCUT2D eigenvalue weighted by molar-refractivity contribution is 0.278. The van der Waals surface area contributed by atoms with Crippen LogP contribution in [0.2, 0.25) is 5.02 Å². The van der Waals surface area contributed by atoms with Gasteiger partial charge in [-0.15, -0.1) is 10.2 Å². The molecule has 2 N–H and O–H groups in total. The molecule has 176 valence electrons. The van der Waals surface area contributed by atoms with Crippen LogP contribution in [0.25, 0.3) is 11.4 Å². The average Bonchev–Trinajstić information content (AvgIpc) is 3.39. The summed E-state index contributed by atoms with van der Waals surface area (Å²) in [5.74, 6) is 1.82. The van der Waals surface area contributed by atoms with Gasteiger partial charge in [0.2, 0.25) is 5.82 Å². The van der Waals surface area contributed by atoms with Crippen LogP contribution in [0.5, 0.6) is 5.75 Å². The maximum atomic E-state index is 12.8. The van der Waals surface area contributed by atoms with Crippen LogP contribution in [0.4, 0.5) is 0 Å². The van der Waals surface area contributed by atoms with E-state index in [1.54, 1.807) is 4.57 Å². The predicted octanol–water partition coefficient (Wildman–Crippen LogP) is 3.54. The highest BCUT2D eigenvalue weighted by Crippen LogP contribution is 2.29. The Balaban J connectivity index is 1.47. The average molecular weight is 481 g/mol. The lowest BCUT2D eigenvalue weighted by Crippen LogP contribution is -2.28. The molecule has 34 heavy (non-hydrogen) atoms.